The number of hydrogen-bond acceptors (Lipinski definition) is 3. The summed E-state index contributed by atoms with van der Waals surface area (Å²) in [7, 11) is 1.83. The summed E-state index contributed by atoms with van der Waals surface area (Å²) in [5.74, 6) is -0.523. The van der Waals surface area contributed by atoms with Gasteiger partial charge in [0, 0.05) is 24.3 Å². The fourth-order valence-corrected chi connectivity index (χ4v) is 2.83. The second-order valence-corrected chi connectivity index (χ2v) is 5.35. The number of carbonyl (C=O) groups is 1. The number of rotatable bonds is 5. The molecule has 1 aromatic carbocycles. The average molecular weight is 339 g/mol. The Morgan fingerprint density at radius 3 is 2.83 bits per heavy atom. The maximum absolute atomic E-state index is 14.0. The van der Waals surface area contributed by atoms with Crippen LogP contribution in [0.4, 0.5) is 4.39 Å². The molecule has 1 aromatic heterocycles. The Labute approximate surface area is 140 Å². The zero-order chi connectivity index (χ0) is 15.5. The third kappa shape index (κ3) is 3.38. The third-order valence-electron chi connectivity index (χ3n) is 3.89. The minimum atomic E-state index is -0.332. The molecule has 2 aromatic rings. The molecule has 0 aliphatic heterocycles. The average Bonchev–Trinajstić information content (AvgIpc) is 3.10. The van der Waals surface area contributed by atoms with Crippen molar-refractivity contribution in [1.82, 2.24) is 20.4 Å². The molecule has 0 saturated heterocycles. The molecule has 3 rings (SSSR count). The van der Waals surface area contributed by atoms with E-state index in [4.69, 9.17) is 0 Å². The predicted molar refractivity (Wildman–Crippen MR) is 89.1 cm³/mol. The number of aromatic nitrogens is 2. The summed E-state index contributed by atoms with van der Waals surface area (Å²) in [4.78, 5) is 12.3. The minimum absolute atomic E-state index is 0. The predicted octanol–water partition coefficient (Wildman–Crippen LogP) is 1.87. The number of halogens is 2. The first-order valence-corrected chi connectivity index (χ1v) is 7.51. The van der Waals surface area contributed by atoms with Gasteiger partial charge in [-0.3, -0.25) is 4.79 Å². The van der Waals surface area contributed by atoms with Crippen LogP contribution in [0.1, 0.15) is 28.2 Å². The molecule has 0 radical (unpaired) electrons. The quantitative estimate of drug-likeness (QED) is 0.818. The van der Waals surface area contributed by atoms with Crippen molar-refractivity contribution in [2.24, 2.45) is 0 Å². The van der Waals surface area contributed by atoms with Gasteiger partial charge in [-0.05, 0) is 38.4 Å². The highest BCUT2D eigenvalue weighted by molar-refractivity contribution is 5.94. The van der Waals surface area contributed by atoms with Crippen LogP contribution in [-0.4, -0.2) is 35.8 Å². The van der Waals surface area contributed by atoms with E-state index < -0.39 is 0 Å². The Hall–Kier alpha value is -1.92. The van der Waals surface area contributed by atoms with Crippen LogP contribution in [0.25, 0.3) is 5.69 Å². The number of para-hydroxylation sites is 1. The van der Waals surface area contributed by atoms with Gasteiger partial charge in [0.2, 0.25) is 0 Å². The Kier molecular flexibility index (Phi) is 5.74. The van der Waals surface area contributed by atoms with Crippen molar-refractivity contribution in [3.05, 3.63) is 47.0 Å². The summed E-state index contributed by atoms with van der Waals surface area (Å²) in [6.07, 6.45) is 2.61. The molecule has 0 spiro atoms. The lowest BCUT2D eigenvalue weighted by atomic mass is 10.2. The molecule has 0 fully saturated rings. The largest absolute Gasteiger partial charge is 0.349 e. The van der Waals surface area contributed by atoms with Crippen LogP contribution in [0.3, 0.4) is 0 Å². The first kappa shape index (κ1) is 17.4. The molecule has 124 valence electrons. The van der Waals surface area contributed by atoms with Gasteiger partial charge in [-0.25, -0.2) is 9.07 Å². The van der Waals surface area contributed by atoms with E-state index in [1.807, 2.05) is 7.05 Å². The summed E-state index contributed by atoms with van der Waals surface area (Å²) in [6.45, 7) is 1.23. The lowest BCUT2D eigenvalue weighted by Crippen LogP contribution is -2.31. The molecule has 5 nitrogen and oxygen atoms in total. The van der Waals surface area contributed by atoms with Crippen molar-refractivity contribution >= 4 is 18.3 Å². The van der Waals surface area contributed by atoms with Crippen LogP contribution in [-0.2, 0) is 12.8 Å². The third-order valence-corrected chi connectivity index (χ3v) is 3.89. The monoisotopic (exact) mass is 338 g/mol. The zero-order valence-corrected chi connectivity index (χ0v) is 13.8. The van der Waals surface area contributed by atoms with Crippen LogP contribution in [0.5, 0.6) is 0 Å². The van der Waals surface area contributed by atoms with Gasteiger partial charge in [-0.15, -0.1) is 12.4 Å². The topological polar surface area (TPSA) is 58.9 Å². The minimum Gasteiger partial charge on any atom is -0.349 e. The maximum atomic E-state index is 14.0. The number of hydrogen-bond donors (Lipinski definition) is 2. The van der Waals surface area contributed by atoms with E-state index in [2.05, 4.69) is 15.7 Å². The van der Waals surface area contributed by atoms with Gasteiger partial charge in [0.05, 0.1) is 0 Å². The van der Waals surface area contributed by atoms with E-state index in [-0.39, 0.29) is 24.1 Å². The Balaban J connectivity index is 0.00000192. The highest BCUT2D eigenvalue weighted by Crippen LogP contribution is 2.28. The zero-order valence-electron chi connectivity index (χ0n) is 12.9. The van der Waals surface area contributed by atoms with Crippen molar-refractivity contribution in [1.29, 1.82) is 0 Å². The fourth-order valence-electron chi connectivity index (χ4n) is 2.83. The number of carbonyl (C=O) groups excluding carboxylic acids is 1. The van der Waals surface area contributed by atoms with Crippen LogP contribution >= 0.6 is 12.4 Å². The summed E-state index contributed by atoms with van der Waals surface area (Å²) in [5, 5.41) is 10.2. The fraction of sp³-hybridized carbons (Fsp3) is 0.375. The normalized spacial score (nSPS) is 12.6. The summed E-state index contributed by atoms with van der Waals surface area (Å²) < 4.78 is 15.6. The molecular weight excluding hydrogens is 319 g/mol. The second kappa shape index (κ2) is 7.57. The SMILES string of the molecule is CNCCNC(=O)c1nn(-c2ccccc2F)c2c1CCC2.Cl. The molecule has 0 unspecified atom stereocenters. The lowest BCUT2D eigenvalue weighted by Gasteiger charge is -2.06. The molecule has 0 atom stereocenters. The van der Waals surface area contributed by atoms with Crippen molar-refractivity contribution in [3.63, 3.8) is 0 Å². The molecule has 2 N–H and O–H groups in total. The summed E-state index contributed by atoms with van der Waals surface area (Å²) >= 11 is 0. The van der Waals surface area contributed by atoms with E-state index in [0.29, 0.717) is 24.5 Å². The highest BCUT2D eigenvalue weighted by atomic mass is 35.5. The van der Waals surface area contributed by atoms with Gasteiger partial charge in [0.25, 0.3) is 5.91 Å². The number of nitrogens with zero attached hydrogens (tertiary/aromatic N) is 2. The van der Waals surface area contributed by atoms with E-state index in [0.717, 1.165) is 30.5 Å². The van der Waals surface area contributed by atoms with Crippen molar-refractivity contribution in [3.8, 4) is 5.69 Å². The molecular formula is C16H20ClFN4O. The second-order valence-electron chi connectivity index (χ2n) is 5.35. The van der Waals surface area contributed by atoms with Gasteiger partial charge >= 0.3 is 0 Å². The molecule has 23 heavy (non-hydrogen) atoms. The summed E-state index contributed by atoms with van der Waals surface area (Å²) in [5.41, 5.74) is 2.72. The van der Waals surface area contributed by atoms with Gasteiger partial charge in [-0.1, -0.05) is 12.1 Å². The van der Waals surface area contributed by atoms with E-state index in [9.17, 15) is 9.18 Å². The molecule has 1 heterocycles. The molecule has 1 amide bonds. The molecule has 1 aliphatic carbocycles. The van der Waals surface area contributed by atoms with E-state index in [1.165, 1.54) is 6.07 Å². The van der Waals surface area contributed by atoms with Crippen molar-refractivity contribution < 1.29 is 9.18 Å². The Morgan fingerprint density at radius 2 is 2.09 bits per heavy atom. The Bertz CT molecular complexity index is 701. The van der Waals surface area contributed by atoms with Crippen LogP contribution in [0, 0.1) is 5.82 Å². The van der Waals surface area contributed by atoms with E-state index >= 15 is 0 Å². The maximum Gasteiger partial charge on any atom is 0.272 e. The summed E-state index contributed by atoms with van der Waals surface area (Å²) in [6, 6.07) is 6.51. The van der Waals surface area contributed by atoms with E-state index in [1.54, 1.807) is 22.9 Å². The number of benzene rings is 1. The smallest absolute Gasteiger partial charge is 0.272 e. The Morgan fingerprint density at radius 1 is 1.30 bits per heavy atom. The number of fused-ring (bicyclic) bond motifs is 1. The number of amides is 1. The first-order valence-electron chi connectivity index (χ1n) is 7.51. The van der Waals surface area contributed by atoms with Gasteiger partial charge in [0.1, 0.15) is 11.5 Å². The highest BCUT2D eigenvalue weighted by Gasteiger charge is 2.27. The van der Waals surface area contributed by atoms with Crippen molar-refractivity contribution in [2.45, 2.75) is 19.3 Å². The lowest BCUT2D eigenvalue weighted by molar-refractivity contribution is 0.0948. The van der Waals surface area contributed by atoms with Crippen LogP contribution < -0.4 is 10.6 Å². The molecule has 0 bridgehead atoms. The number of nitrogens with one attached hydrogen (secondary N) is 2. The molecule has 1 aliphatic rings. The van der Waals surface area contributed by atoms with Gasteiger partial charge < -0.3 is 10.6 Å². The van der Waals surface area contributed by atoms with Gasteiger partial charge in [-0.2, -0.15) is 5.10 Å². The number of likely N-dealkylation sites (N-methyl/N-ethyl adjacent to an activating group) is 1. The van der Waals surface area contributed by atoms with Crippen LogP contribution in [0.15, 0.2) is 24.3 Å². The molecule has 0 saturated carbocycles. The molecule has 7 heteroatoms. The first-order chi connectivity index (χ1) is 10.7. The standard InChI is InChI=1S/C16H19FN4O.ClH/c1-18-9-10-19-16(22)15-11-5-4-8-13(11)21(20-15)14-7-3-2-6-12(14)17;/h2-3,6-7,18H,4-5,8-10H2,1H3,(H,19,22);1H. The van der Waals surface area contributed by atoms with Crippen LogP contribution in [0.2, 0.25) is 0 Å². The van der Waals surface area contributed by atoms with Gasteiger partial charge in [0.15, 0.2) is 5.69 Å². The van der Waals surface area contributed by atoms with Crippen molar-refractivity contribution in [2.75, 3.05) is 20.1 Å².